The fourth-order valence-corrected chi connectivity index (χ4v) is 3.29. The van der Waals surface area contributed by atoms with Crippen LogP contribution in [0, 0.1) is 0 Å². The number of nitrogens with zero attached hydrogens (tertiary/aromatic N) is 1. The second-order valence-electron chi connectivity index (χ2n) is 3.96. The Morgan fingerprint density at radius 2 is 1.83 bits per heavy atom. The Balaban J connectivity index is 2.82. The molecule has 0 amide bonds. The molecule has 0 radical (unpaired) electrons. The summed E-state index contributed by atoms with van der Waals surface area (Å²) in [6, 6.07) is 9.81. The van der Waals surface area contributed by atoms with Gasteiger partial charge in [0.2, 0.25) is 0 Å². The third-order valence-corrected chi connectivity index (χ3v) is 4.56. The molecule has 98 valence electrons. The lowest BCUT2D eigenvalue weighted by Crippen LogP contribution is -2.28. The van der Waals surface area contributed by atoms with E-state index in [1.165, 1.54) is 11.8 Å². The number of Topliss-reactive ketones (excluding diaryl/α,β-unsaturated/α-hetero) is 1. The predicted molar refractivity (Wildman–Crippen MR) is 83.0 cm³/mol. The van der Waals surface area contributed by atoms with Crippen molar-refractivity contribution < 1.29 is 4.79 Å². The molecule has 0 bridgehead atoms. The smallest absolute Gasteiger partial charge is 0.147 e. The topological polar surface area (TPSA) is 20.3 Å². The molecule has 0 saturated heterocycles. The second-order valence-corrected chi connectivity index (χ2v) is 5.70. The first-order valence-corrected chi connectivity index (χ1v) is 7.39. The minimum Gasteiger partial charge on any atom is -0.358 e. The highest BCUT2D eigenvalue weighted by atomic mass is 32.2. The molecule has 1 aromatic carbocycles. The summed E-state index contributed by atoms with van der Waals surface area (Å²) in [4.78, 5) is 13.9. The number of hydrogen-bond acceptors (Lipinski definition) is 3. The molecule has 0 aromatic heterocycles. The molecule has 1 aromatic rings. The van der Waals surface area contributed by atoms with E-state index in [0.29, 0.717) is 0 Å². The average molecular weight is 281 g/mol. The second kappa shape index (κ2) is 7.54. The average Bonchev–Trinajstić information content (AvgIpc) is 2.38. The summed E-state index contributed by atoms with van der Waals surface area (Å²) in [5.41, 5.74) is 1.02. The van der Waals surface area contributed by atoms with E-state index in [1.54, 1.807) is 6.92 Å². The predicted octanol–water partition coefficient (Wildman–Crippen LogP) is 3.68. The molecule has 0 spiro atoms. The minimum atomic E-state index is -0.195. The van der Waals surface area contributed by atoms with Crippen LogP contribution in [-0.2, 0) is 4.79 Å². The van der Waals surface area contributed by atoms with Gasteiger partial charge in [-0.1, -0.05) is 54.3 Å². The van der Waals surface area contributed by atoms with Crippen LogP contribution in [0.1, 0.15) is 31.6 Å². The van der Waals surface area contributed by atoms with Gasteiger partial charge in [0, 0.05) is 13.1 Å². The summed E-state index contributed by atoms with van der Waals surface area (Å²) in [7, 11) is 0. The van der Waals surface area contributed by atoms with E-state index in [-0.39, 0.29) is 11.0 Å². The van der Waals surface area contributed by atoms with Gasteiger partial charge in [-0.25, -0.2) is 0 Å². The minimum absolute atomic E-state index is 0.140. The van der Waals surface area contributed by atoms with Crippen LogP contribution in [0.15, 0.2) is 30.3 Å². The van der Waals surface area contributed by atoms with Gasteiger partial charge in [-0.2, -0.15) is 0 Å². The lowest BCUT2D eigenvalue weighted by Gasteiger charge is -2.23. The molecule has 1 rings (SSSR count). The Labute approximate surface area is 119 Å². The molecular weight excluding hydrogens is 262 g/mol. The molecule has 1 atom stereocenters. The quantitative estimate of drug-likeness (QED) is 0.767. The summed E-state index contributed by atoms with van der Waals surface area (Å²) in [6.45, 7) is 7.52. The zero-order chi connectivity index (χ0) is 13.5. The summed E-state index contributed by atoms with van der Waals surface area (Å²) < 4.78 is 0.795. The third-order valence-electron chi connectivity index (χ3n) is 2.71. The maximum absolute atomic E-state index is 11.8. The van der Waals surface area contributed by atoms with Crippen LogP contribution in [0.4, 0.5) is 0 Å². The van der Waals surface area contributed by atoms with Crippen molar-refractivity contribution in [3.63, 3.8) is 0 Å². The van der Waals surface area contributed by atoms with E-state index in [4.69, 9.17) is 12.2 Å². The van der Waals surface area contributed by atoms with E-state index in [2.05, 4.69) is 18.7 Å². The number of rotatable bonds is 5. The van der Waals surface area contributed by atoms with Crippen molar-refractivity contribution in [2.75, 3.05) is 13.1 Å². The number of thiocarbonyl (C=S) groups is 1. The van der Waals surface area contributed by atoms with Crippen molar-refractivity contribution in [1.82, 2.24) is 4.90 Å². The highest BCUT2D eigenvalue weighted by Crippen LogP contribution is 2.31. The van der Waals surface area contributed by atoms with Gasteiger partial charge in [0.15, 0.2) is 0 Å². The number of carbonyl (C=O) groups excluding carboxylic acids is 1. The van der Waals surface area contributed by atoms with Crippen LogP contribution in [0.25, 0.3) is 0 Å². The summed E-state index contributed by atoms with van der Waals surface area (Å²) >= 11 is 6.88. The van der Waals surface area contributed by atoms with Crippen LogP contribution in [0.2, 0.25) is 0 Å². The molecule has 0 N–H and O–H groups in total. The normalized spacial score (nSPS) is 11.9. The fourth-order valence-electron chi connectivity index (χ4n) is 1.67. The van der Waals surface area contributed by atoms with Crippen LogP contribution in [0.3, 0.4) is 0 Å². The zero-order valence-electron chi connectivity index (χ0n) is 11.1. The maximum atomic E-state index is 11.8. The van der Waals surface area contributed by atoms with Crippen molar-refractivity contribution in [2.45, 2.75) is 26.0 Å². The van der Waals surface area contributed by atoms with E-state index < -0.39 is 0 Å². The van der Waals surface area contributed by atoms with E-state index in [1.807, 2.05) is 30.3 Å². The van der Waals surface area contributed by atoms with Gasteiger partial charge in [0.25, 0.3) is 0 Å². The summed E-state index contributed by atoms with van der Waals surface area (Å²) in [5, 5.41) is -0.195. The SMILES string of the molecule is CCN(CC)C(=S)SC(C(C)=O)c1ccccc1. The van der Waals surface area contributed by atoms with Crippen LogP contribution >= 0.6 is 24.0 Å². The van der Waals surface area contributed by atoms with Gasteiger partial charge in [-0.3, -0.25) is 4.79 Å². The zero-order valence-corrected chi connectivity index (χ0v) is 12.7. The van der Waals surface area contributed by atoms with Gasteiger partial charge in [-0.15, -0.1) is 0 Å². The highest BCUT2D eigenvalue weighted by Gasteiger charge is 2.21. The van der Waals surface area contributed by atoms with Crippen molar-refractivity contribution in [3.05, 3.63) is 35.9 Å². The molecule has 2 nitrogen and oxygen atoms in total. The molecule has 0 saturated carbocycles. The van der Waals surface area contributed by atoms with E-state index >= 15 is 0 Å². The largest absolute Gasteiger partial charge is 0.358 e. The first-order valence-electron chi connectivity index (χ1n) is 6.11. The van der Waals surface area contributed by atoms with Crippen LogP contribution in [-0.4, -0.2) is 28.1 Å². The molecule has 0 heterocycles. The molecule has 0 aliphatic rings. The third kappa shape index (κ3) is 4.10. The standard InChI is InChI=1S/C14H19NOS2/c1-4-15(5-2)14(17)18-13(11(3)16)12-9-7-6-8-10-12/h6-10,13H,4-5H2,1-3H3. The van der Waals surface area contributed by atoms with E-state index in [9.17, 15) is 4.79 Å². The summed E-state index contributed by atoms with van der Waals surface area (Å²) in [6.07, 6.45) is 0. The molecule has 0 aliphatic carbocycles. The van der Waals surface area contributed by atoms with Crippen molar-refractivity contribution in [3.8, 4) is 0 Å². The van der Waals surface area contributed by atoms with Gasteiger partial charge in [0.05, 0.1) is 5.25 Å². The molecule has 4 heteroatoms. The first kappa shape index (κ1) is 15.2. The fraction of sp³-hybridized carbons (Fsp3) is 0.429. The Bertz CT molecular complexity index is 402. The van der Waals surface area contributed by atoms with Gasteiger partial charge in [-0.05, 0) is 26.3 Å². The van der Waals surface area contributed by atoms with Crippen molar-refractivity contribution in [1.29, 1.82) is 0 Å². The number of ketones is 1. The first-order chi connectivity index (χ1) is 8.60. The highest BCUT2D eigenvalue weighted by molar-refractivity contribution is 8.23. The summed E-state index contributed by atoms with van der Waals surface area (Å²) in [5.74, 6) is 0.140. The Morgan fingerprint density at radius 1 is 1.28 bits per heavy atom. The Kier molecular flexibility index (Phi) is 6.36. The van der Waals surface area contributed by atoms with Crippen molar-refractivity contribution >= 4 is 34.1 Å². The lowest BCUT2D eigenvalue weighted by atomic mass is 10.1. The lowest BCUT2D eigenvalue weighted by molar-refractivity contribution is -0.116. The number of benzene rings is 1. The van der Waals surface area contributed by atoms with E-state index in [0.717, 1.165) is 23.0 Å². The molecule has 0 aliphatic heterocycles. The van der Waals surface area contributed by atoms with Gasteiger partial charge >= 0.3 is 0 Å². The van der Waals surface area contributed by atoms with Gasteiger partial charge < -0.3 is 4.90 Å². The van der Waals surface area contributed by atoms with Crippen LogP contribution < -0.4 is 0 Å². The monoisotopic (exact) mass is 281 g/mol. The van der Waals surface area contributed by atoms with Crippen LogP contribution in [0.5, 0.6) is 0 Å². The number of thioether (sulfide) groups is 1. The van der Waals surface area contributed by atoms with Crippen molar-refractivity contribution in [2.24, 2.45) is 0 Å². The number of carbonyl (C=O) groups is 1. The Morgan fingerprint density at radius 3 is 2.28 bits per heavy atom. The molecule has 1 unspecified atom stereocenters. The molecule has 18 heavy (non-hydrogen) atoms. The van der Waals surface area contributed by atoms with Gasteiger partial charge in [0.1, 0.15) is 10.1 Å². The number of hydrogen-bond donors (Lipinski definition) is 0. The Hall–Kier alpha value is -0.870. The molecular formula is C14H19NOS2. The molecule has 0 fully saturated rings. The maximum Gasteiger partial charge on any atom is 0.147 e.